The highest BCUT2D eigenvalue weighted by Gasteiger charge is 2.32. The molecule has 0 aromatic heterocycles. The maximum absolute atomic E-state index is 12.9. The summed E-state index contributed by atoms with van der Waals surface area (Å²) < 4.78 is 37.9. The van der Waals surface area contributed by atoms with Crippen molar-refractivity contribution in [1.29, 1.82) is 0 Å². The monoisotopic (exact) mass is 449 g/mol. The van der Waals surface area contributed by atoms with E-state index in [2.05, 4.69) is 5.32 Å². The van der Waals surface area contributed by atoms with Crippen molar-refractivity contribution in [3.8, 4) is 5.75 Å². The molecule has 0 saturated carbocycles. The van der Waals surface area contributed by atoms with Crippen LogP contribution < -0.4 is 10.1 Å². The number of nitro groups is 1. The first kappa shape index (κ1) is 22.7. The van der Waals surface area contributed by atoms with Gasteiger partial charge in [-0.25, -0.2) is 8.42 Å². The van der Waals surface area contributed by atoms with E-state index in [1.807, 2.05) is 13.8 Å². The van der Waals surface area contributed by atoms with Crippen molar-refractivity contribution >= 4 is 27.3 Å². The molecule has 0 bridgehead atoms. The van der Waals surface area contributed by atoms with Crippen LogP contribution >= 0.6 is 0 Å². The lowest BCUT2D eigenvalue weighted by atomic mass is 10.2. The summed E-state index contributed by atoms with van der Waals surface area (Å²) in [6, 6.07) is 9.40. The van der Waals surface area contributed by atoms with E-state index in [0.717, 1.165) is 0 Å². The van der Waals surface area contributed by atoms with E-state index in [-0.39, 0.29) is 52.9 Å². The van der Waals surface area contributed by atoms with Crippen molar-refractivity contribution in [1.82, 2.24) is 4.31 Å². The van der Waals surface area contributed by atoms with E-state index >= 15 is 0 Å². The molecule has 1 heterocycles. The number of rotatable bonds is 6. The molecule has 11 heteroatoms. The van der Waals surface area contributed by atoms with Crippen LogP contribution in [0.2, 0.25) is 0 Å². The number of morpholine rings is 1. The summed E-state index contributed by atoms with van der Waals surface area (Å²) in [5, 5.41) is 13.5. The van der Waals surface area contributed by atoms with Crippen LogP contribution in [0.5, 0.6) is 5.75 Å². The number of hydrogen-bond acceptors (Lipinski definition) is 7. The van der Waals surface area contributed by atoms with Gasteiger partial charge in [0.25, 0.3) is 11.6 Å². The number of amides is 1. The third-order valence-electron chi connectivity index (χ3n) is 4.78. The molecule has 2 atom stereocenters. The van der Waals surface area contributed by atoms with Crippen LogP contribution in [0.3, 0.4) is 0 Å². The zero-order valence-electron chi connectivity index (χ0n) is 17.3. The number of sulfonamides is 1. The van der Waals surface area contributed by atoms with Crippen LogP contribution in [0, 0.1) is 10.1 Å². The summed E-state index contributed by atoms with van der Waals surface area (Å²) in [5.74, 6) is -0.373. The number of anilines is 1. The van der Waals surface area contributed by atoms with Crippen LogP contribution in [0.25, 0.3) is 0 Å². The maximum Gasteiger partial charge on any atom is 0.273 e. The molecule has 2 unspecified atom stereocenters. The standard InChI is InChI=1S/C20H23N3O7S/c1-13-11-22(12-14(2)30-13)31(27,28)17-7-4-15(5-8-17)20(24)21-18-9-6-16(23(25)26)10-19(18)29-3/h4-10,13-14H,11-12H2,1-3H3,(H,21,24). The molecule has 3 rings (SSSR count). The van der Waals surface area contributed by atoms with Gasteiger partial charge in [0.1, 0.15) is 5.75 Å². The van der Waals surface area contributed by atoms with Gasteiger partial charge in [0, 0.05) is 24.7 Å². The molecule has 10 nitrogen and oxygen atoms in total. The van der Waals surface area contributed by atoms with Gasteiger partial charge < -0.3 is 14.8 Å². The molecule has 1 aliphatic heterocycles. The highest BCUT2D eigenvalue weighted by molar-refractivity contribution is 7.89. The number of nitrogens with zero attached hydrogens (tertiary/aromatic N) is 2. The van der Waals surface area contributed by atoms with Crippen molar-refractivity contribution in [3.63, 3.8) is 0 Å². The lowest BCUT2D eigenvalue weighted by Crippen LogP contribution is -2.48. The lowest BCUT2D eigenvalue weighted by molar-refractivity contribution is -0.384. The topological polar surface area (TPSA) is 128 Å². The maximum atomic E-state index is 12.9. The number of benzene rings is 2. The Hall–Kier alpha value is -3.02. The summed E-state index contributed by atoms with van der Waals surface area (Å²) >= 11 is 0. The molecule has 1 saturated heterocycles. The minimum Gasteiger partial charge on any atom is -0.494 e. The first-order valence-corrected chi connectivity index (χ1v) is 10.9. The van der Waals surface area contributed by atoms with Gasteiger partial charge in [0.05, 0.1) is 40.9 Å². The van der Waals surface area contributed by atoms with Crippen LogP contribution in [-0.4, -0.2) is 56.0 Å². The fraction of sp³-hybridized carbons (Fsp3) is 0.350. The van der Waals surface area contributed by atoms with Crippen molar-refractivity contribution in [2.75, 3.05) is 25.5 Å². The zero-order valence-corrected chi connectivity index (χ0v) is 18.1. The number of ether oxygens (including phenoxy) is 2. The molecule has 1 N–H and O–H groups in total. The Bertz CT molecular complexity index is 1080. The van der Waals surface area contributed by atoms with Gasteiger partial charge in [-0.15, -0.1) is 0 Å². The van der Waals surface area contributed by atoms with Gasteiger partial charge in [-0.1, -0.05) is 0 Å². The zero-order chi connectivity index (χ0) is 22.8. The molecule has 31 heavy (non-hydrogen) atoms. The second kappa shape index (κ2) is 9.00. The number of nitro benzene ring substituents is 1. The number of non-ortho nitro benzene ring substituents is 1. The largest absolute Gasteiger partial charge is 0.494 e. The number of carbonyl (C=O) groups excluding carboxylic acids is 1. The number of carbonyl (C=O) groups is 1. The van der Waals surface area contributed by atoms with Gasteiger partial charge in [-0.05, 0) is 44.2 Å². The quantitative estimate of drug-likeness (QED) is 0.530. The van der Waals surface area contributed by atoms with Crippen molar-refractivity contribution < 1.29 is 27.6 Å². The van der Waals surface area contributed by atoms with Gasteiger partial charge in [-0.2, -0.15) is 4.31 Å². The number of nitrogens with one attached hydrogen (secondary N) is 1. The molecular formula is C20H23N3O7S. The number of methoxy groups -OCH3 is 1. The van der Waals surface area contributed by atoms with Crippen LogP contribution in [0.15, 0.2) is 47.4 Å². The third-order valence-corrected chi connectivity index (χ3v) is 6.63. The van der Waals surface area contributed by atoms with Gasteiger partial charge in [0.15, 0.2) is 0 Å². The number of hydrogen-bond donors (Lipinski definition) is 1. The first-order chi connectivity index (χ1) is 14.6. The Morgan fingerprint density at radius 3 is 2.32 bits per heavy atom. The predicted molar refractivity (Wildman–Crippen MR) is 113 cm³/mol. The smallest absolute Gasteiger partial charge is 0.273 e. The molecule has 1 amide bonds. The minimum absolute atomic E-state index is 0.0817. The summed E-state index contributed by atoms with van der Waals surface area (Å²) in [7, 11) is -2.38. The van der Waals surface area contributed by atoms with Crippen LogP contribution in [-0.2, 0) is 14.8 Å². The van der Waals surface area contributed by atoms with E-state index < -0.39 is 20.9 Å². The fourth-order valence-electron chi connectivity index (χ4n) is 3.35. The van der Waals surface area contributed by atoms with E-state index in [1.54, 1.807) is 0 Å². The molecule has 1 fully saturated rings. The fourth-order valence-corrected chi connectivity index (χ4v) is 4.94. The Morgan fingerprint density at radius 1 is 1.16 bits per heavy atom. The average molecular weight is 449 g/mol. The van der Waals surface area contributed by atoms with Gasteiger partial charge >= 0.3 is 0 Å². The molecule has 2 aromatic carbocycles. The Kier molecular flexibility index (Phi) is 6.58. The summed E-state index contributed by atoms with van der Waals surface area (Å²) in [4.78, 5) is 23.0. The normalized spacial score (nSPS) is 19.6. The summed E-state index contributed by atoms with van der Waals surface area (Å²) in [6.07, 6.45) is -0.416. The highest BCUT2D eigenvalue weighted by Crippen LogP contribution is 2.29. The molecule has 0 radical (unpaired) electrons. The summed E-state index contributed by atoms with van der Waals surface area (Å²) in [5.41, 5.74) is 0.310. The van der Waals surface area contributed by atoms with Crippen molar-refractivity contribution in [3.05, 3.63) is 58.1 Å². The van der Waals surface area contributed by atoms with E-state index in [0.29, 0.717) is 0 Å². The average Bonchev–Trinajstić information content (AvgIpc) is 2.73. The van der Waals surface area contributed by atoms with Gasteiger partial charge in [0.2, 0.25) is 10.0 Å². The van der Waals surface area contributed by atoms with Crippen LogP contribution in [0.1, 0.15) is 24.2 Å². The van der Waals surface area contributed by atoms with E-state index in [4.69, 9.17) is 9.47 Å². The molecule has 2 aromatic rings. The van der Waals surface area contributed by atoms with Gasteiger partial charge in [-0.3, -0.25) is 14.9 Å². The summed E-state index contributed by atoms with van der Waals surface area (Å²) in [6.45, 7) is 4.15. The molecular weight excluding hydrogens is 426 g/mol. The molecule has 166 valence electrons. The highest BCUT2D eigenvalue weighted by atomic mass is 32.2. The van der Waals surface area contributed by atoms with E-state index in [9.17, 15) is 23.3 Å². The Morgan fingerprint density at radius 2 is 1.77 bits per heavy atom. The van der Waals surface area contributed by atoms with E-state index in [1.165, 1.54) is 53.9 Å². The third kappa shape index (κ3) is 5.01. The van der Waals surface area contributed by atoms with Crippen LogP contribution in [0.4, 0.5) is 11.4 Å². The SMILES string of the molecule is COc1cc([N+](=O)[O-])ccc1NC(=O)c1ccc(S(=O)(=O)N2CC(C)OC(C)C2)cc1. The van der Waals surface area contributed by atoms with Crippen molar-refractivity contribution in [2.24, 2.45) is 0 Å². The van der Waals surface area contributed by atoms with Crippen molar-refractivity contribution in [2.45, 2.75) is 31.0 Å². The minimum atomic E-state index is -3.72. The molecule has 0 spiro atoms. The second-order valence-corrected chi connectivity index (χ2v) is 9.14. The predicted octanol–water partition coefficient (Wildman–Crippen LogP) is 2.65. The second-order valence-electron chi connectivity index (χ2n) is 7.20. The first-order valence-electron chi connectivity index (χ1n) is 9.51. The Balaban J connectivity index is 1.77. The molecule has 1 aliphatic rings. The lowest BCUT2D eigenvalue weighted by Gasteiger charge is -2.34. The Labute approximate surface area is 180 Å². The molecule has 0 aliphatic carbocycles.